The molecule has 0 aromatic heterocycles. The van der Waals surface area contributed by atoms with Crippen molar-refractivity contribution in [2.45, 2.75) is 5.92 Å². The van der Waals surface area contributed by atoms with Gasteiger partial charge in [0.2, 0.25) is 0 Å². The van der Waals surface area contributed by atoms with Crippen molar-refractivity contribution >= 4 is 15.9 Å². The number of rotatable bonds is 2. The number of hydrogen-bond donors (Lipinski definition) is 0. The fourth-order valence-electron chi connectivity index (χ4n) is 2.19. The van der Waals surface area contributed by atoms with E-state index in [-0.39, 0.29) is 0 Å². The van der Waals surface area contributed by atoms with Crippen LogP contribution >= 0.6 is 15.9 Å². The SMILES string of the molecule is Brc1ccc(-c2ccc(C3C=CC=C3)cc2)cc1. The molecule has 0 amide bonds. The zero-order valence-corrected chi connectivity index (χ0v) is 11.5. The van der Waals surface area contributed by atoms with E-state index in [2.05, 4.69) is 88.8 Å². The van der Waals surface area contributed by atoms with Gasteiger partial charge in [-0.3, -0.25) is 0 Å². The van der Waals surface area contributed by atoms with Crippen LogP contribution in [0.2, 0.25) is 0 Å². The smallest absolute Gasteiger partial charge is 0.0204 e. The lowest BCUT2D eigenvalue weighted by molar-refractivity contribution is 1.10. The molecule has 0 heterocycles. The highest BCUT2D eigenvalue weighted by atomic mass is 79.9. The Balaban J connectivity index is 1.88. The maximum absolute atomic E-state index is 3.46. The Kier molecular flexibility index (Phi) is 3.16. The predicted octanol–water partition coefficient (Wildman–Crippen LogP) is 5.33. The van der Waals surface area contributed by atoms with E-state index in [9.17, 15) is 0 Å². The number of hydrogen-bond acceptors (Lipinski definition) is 0. The van der Waals surface area contributed by atoms with Gasteiger partial charge in [0.15, 0.2) is 0 Å². The molecule has 1 aliphatic carbocycles. The van der Waals surface area contributed by atoms with Gasteiger partial charge in [0.25, 0.3) is 0 Å². The first kappa shape index (κ1) is 11.5. The van der Waals surface area contributed by atoms with Crippen LogP contribution < -0.4 is 0 Å². The molecule has 0 aliphatic heterocycles. The molecule has 0 bridgehead atoms. The van der Waals surface area contributed by atoms with Gasteiger partial charge in [-0.15, -0.1) is 0 Å². The molecule has 0 spiro atoms. The highest BCUT2D eigenvalue weighted by Crippen LogP contribution is 2.27. The highest BCUT2D eigenvalue weighted by Gasteiger charge is 2.06. The van der Waals surface area contributed by atoms with Crippen molar-refractivity contribution in [3.63, 3.8) is 0 Å². The molecule has 0 saturated carbocycles. The van der Waals surface area contributed by atoms with Crippen LogP contribution in [0.1, 0.15) is 11.5 Å². The van der Waals surface area contributed by atoms with E-state index >= 15 is 0 Å². The molecule has 18 heavy (non-hydrogen) atoms. The summed E-state index contributed by atoms with van der Waals surface area (Å²) in [6.07, 6.45) is 8.64. The van der Waals surface area contributed by atoms with E-state index in [1.807, 2.05) is 0 Å². The first-order valence-corrected chi connectivity index (χ1v) is 6.83. The summed E-state index contributed by atoms with van der Waals surface area (Å²) in [4.78, 5) is 0. The molecular formula is C17H13Br. The van der Waals surface area contributed by atoms with Crippen LogP contribution in [0.4, 0.5) is 0 Å². The van der Waals surface area contributed by atoms with Crippen LogP contribution in [0.15, 0.2) is 77.3 Å². The van der Waals surface area contributed by atoms with Gasteiger partial charge in [-0.1, -0.05) is 76.6 Å². The van der Waals surface area contributed by atoms with Crippen molar-refractivity contribution in [2.24, 2.45) is 0 Å². The fourth-order valence-corrected chi connectivity index (χ4v) is 2.46. The molecule has 0 unspecified atom stereocenters. The summed E-state index contributed by atoms with van der Waals surface area (Å²) in [6, 6.07) is 17.2. The van der Waals surface area contributed by atoms with E-state index in [4.69, 9.17) is 0 Å². The zero-order chi connectivity index (χ0) is 12.4. The standard InChI is InChI=1S/C17H13Br/c18-17-11-9-16(10-12-17)15-7-5-14(6-8-15)13-3-1-2-4-13/h1-13H. The first-order valence-electron chi connectivity index (χ1n) is 6.04. The molecule has 0 N–H and O–H groups in total. The van der Waals surface area contributed by atoms with Gasteiger partial charge in [0, 0.05) is 10.4 Å². The van der Waals surface area contributed by atoms with Crippen LogP contribution in [-0.2, 0) is 0 Å². The van der Waals surface area contributed by atoms with Crippen LogP contribution in [0.3, 0.4) is 0 Å². The lowest BCUT2D eigenvalue weighted by Gasteiger charge is -2.07. The van der Waals surface area contributed by atoms with Gasteiger partial charge in [0.05, 0.1) is 0 Å². The van der Waals surface area contributed by atoms with E-state index in [0.29, 0.717) is 5.92 Å². The molecule has 0 saturated heterocycles. The van der Waals surface area contributed by atoms with Crippen LogP contribution in [0, 0.1) is 0 Å². The predicted molar refractivity (Wildman–Crippen MR) is 80.6 cm³/mol. The Morgan fingerprint density at radius 3 is 1.72 bits per heavy atom. The average Bonchev–Trinajstić information content (AvgIpc) is 2.94. The summed E-state index contributed by atoms with van der Waals surface area (Å²) in [5.74, 6) is 0.448. The monoisotopic (exact) mass is 296 g/mol. The lowest BCUT2D eigenvalue weighted by atomic mass is 9.97. The van der Waals surface area contributed by atoms with Gasteiger partial charge < -0.3 is 0 Å². The molecule has 0 nitrogen and oxygen atoms in total. The first-order chi connectivity index (χ1) is 8.83. The second kappa shape index (κ2) is 4.95. The maximum atomic E-state index is 3.46. The summed E-state index contributed by atoms with van der Waals surface area (Å²) in [5, 5.41) is 0. The van der Waals surface area contributed by atoms with Crippen molar-refractivity contribution in [3.8, 4) is 11.1 Å². The largest absolute Gasteiger partial charge is 0.0732 e. The molecule has 0 fully saturated rings. The van der Waals surface area contributed by atoms with Gasteiger partial charge >= 0.3 is 0 Å². The summed E-state index contributed by atoms with van der Waals surface area (Å²) >= 11 is 3.46. The van der Waals surface area contributed by atoms with Crippen molar-refractivity contribution in [2.75, 3.05) is 0 Å². The third-order valence-electron chi connectivity index (χ3n) is 3.22. The highest BCUT2D eigenvalue weighted by molar-refractivity contribution is 9.10. The summed E-state index contributed by atoms with van der Waals surface area (Å²) in [6.45, 7) is 0. The van der Waals surface area contributed by atoms with Gasteiger partial charge in [-0.05, 0) is 28.8 Å². The Morgan fingerprint density at radius 2 is 1.17 bits per heavy atom. The molecule has 0 atom stereocenters. The van der Waals surface area contributed by atoms with Gasteiger partial charge in [-0.25, -0.2) is 0 Å². The van der Waals surface area contributed by atoms with Crippen LogP contribution in [0.5, 0.6) is 0 Å². The maximum Gasteiger partial charge on any atom is 0.0204 e. The molecule has 88 valence electrons. The normalized spacial score (nSPS) is 14.3. The lowest BCUT2D eigenvalue weighted by Crippen LogP contribution is -1.88. The average molecular weight is 297 g/mol. The second-order valence-corrected chi connectivity index (χ2v) is 5.34. The molecule has 2 aromatic rings. The summed E-state index contributed by atoms with van der Waals surface area (Å²) < 4.78 is 1.11. The second-order valence-electron chi connectivity index (χ2n) is 4.42. The molecule has 2 aromatic carbocycles. The Hall–Kier alpha value is -1.60. The van der Waals surface area contributed by atoms with E-state index in [1.165, 1.54) is 16.7 Å². The fraction of sp³-hybridized carbons (Fsp3) is 0.0588. The van der Waals surface area contributed by atoms with Crippen LogP contribution in [-0.4, -0.2) is 0 Å². The third kappa shape index (κ3) is 2.32. The van der Waals surface area contributed by atoms with Crippen molar-refractivity contribution in [1.29, 1.82) is 0 Å². The van der Waals surface area contributed by atoms with E-state index in [0.717, 1.165) is 4.47 Å². The Bertz CT molecular complexity index is 577. The molecule has 1 heteroatoms. The molecule has 1 aliphatic rings. The topological polar surface area (TPSA) is 0 Å². The van der Waals surface area contributed by atoms with Crippen molar-refractivity contribution < 1.29 is 0 Å². The summed E-state index contributed by atoms with van der Waals surface area (Å²) in [5.41, 5.74) is 3.86. The van der Waals surface area contributed by atoms with Crippen molar-refractivity contribution in [3.05, 3.63) is 82.9 Å². The van der Waals surface area contributed by atoms with Gasteiger partial charge in [0.1, 0.15) is 0 Å². The Labute approximate surface area is 116 Å². The minimum absolute atomic E-state index is 0.448. The Morgan fingerprint density at radius 1 is 0.667 bits per heavy atom. The molecule has 0 radical (unpaired) electrons. The molecule has 3 rings (SSSR count). The van der Waals surface area contributed by atoms with E-state index in [1.54, 1.807) is 0 Å². The van der Waals surface area contributed by atoms with Crippen LogP contribution in [0.25, 0.3) is 11.1 Å². The zero-order valence-electron chi connectivity index (χ0n) is 9.88. The number of allylic oxidation sites excluding steroid dienone is 4. The number of benzene rings is 2. The summed E-state index contributed by atoms with van der Waals surface area (Å²) in [7, 11) is 0. The van der Waals surface area contributed by atoms with E-state index < -0.39 is 0 Å². The van der Waals surface area contributed by atoms with Gasteiger partial charge in [-0.2, -0.15) is 0 Å². The van der Waals surface area contributed by atoms with Crippen molar-refractivity contribution in [1.82, 2.24) is 0 Å². The molecular weight excluding hydrogens is 284 g/mol. The quantitative estimate of drug-likeness (QED) is 0.703. The minimum atomic E-state index is 0.448. The minimum Gasteiger partial charge on any atom is -0.0732 e. The third-order valence-corrected chi connectivity index (χ3v) is 3.75. The number of halogens is 1.